The highest BCUT2D eigenvalue weighted by Gasteiger charge is 2.38. The molecule has 18 heteroatoms. The Labute approximate surface area is 344 Å². The summed E-state index contributed by atoms with van der Waals surface area (Å²) in [6, 6.07) is -2.28. The fourth-order valence-electron chi connectivity index (χ4n) is 6.82. The van der Waals surface area contributed by atoms with Gasteiger partial charge in [-0.25, -0.2) is 17.9 Å². The van der Waals surface area contributed by atoms with E-state index < -0.39 is 63.6 Å². The van der Waals surface area contributed by atoms with Crippen molar-refractivity contribution in [3.63, 3.8) is 0 Å². The van der Waals surface area contributed by atoms with Gasteiger partial charge in [0.15, 0.2) is 0 Å². The Morgan fingerprint density at radius 3 is 2.03 bits per heavy atom. The summed E-state index contributed by atoms with van der Waals surface area (Å²) in [6.07, 6.45) is 1.02. The number of ether oxygens (including phenoxy) is 2. The van der Waals surface area contributed by atoms with Crippen LogP contribution < -0.4 is 36.5 Å². The first-order valence-corrected chi connectivity index (χ1v) is 21.6. The Balaban J connectivity index is 2.35. The number of aliphatic imine (C=N–C) groups is 1. The molecule has 1 aliphatic heterocycles. The van der Waals surface area contributed by atoms with Gasteiger partial charge in [0.1, 0.15) is 35.5 Å². The van der Waals surface area contributed by atoms with E-state index in [1.807, 2.05) is 27.7 Å². The summed E-state index contributed by atoms with van der Waals surface area (Å²) >= 11 is 0. The molecule has 0 spiro atoms. The van der Waals surface area contributed by atoms with Gasteiger partial charge in [-0.3, -0.25) is 24.2 Å². The molecule has 1 aromatic carbocycles. The molecule has 328 valence electrons. The molecule has 1 heterocycles. The molecule has 1 fully saturated rings. The molecular formula is C40H68N8O9S. The van der Waals surface area contributed by atoms with E-state index in [0.717, 1.165) is 0 Å². The number of carbonyl (C=O) groups excluding carboxylic acids is 5. The number of likely N-dealkylation sites (N-methyl/N-ethyl adjacent to an activating group) is 1. The van der Waals surface area contributed by atoms with Crippen molar-refractivity contribution in [1.82, 2.24) is 30.9 Å². The summed E-state index contributed by atoms with van der Waals surface area (Å²) in [5.74, 6) is -1.81. The van der Waals surface area contributed by atoms with Crippen LogP contribution in [0.1, 0.15) is 111 Å². The summed E-state index contributed by atoms with van der Waals surface area (Å²) in [5.41, 5.74) is 6.88. The fourth-order valence-corrected chi connectivity index (χ4v) is 8.30. The number of nitrogens with two attached hydrogens (primary N) is 1. The van der Waals surface area contributed by atoms with Crippen LogP contribution in [-0.4, -0.2) is 106 Å². The summed E-state index contributed by atoms with van der Waals surface area (Å²) in [5, 5.41) is 11.0. The largest absolute Gasteiger partial charge is 0.496 e. The van der Waals surface area contributed by atoms with Gasteiger partial charge in [0, 0.05) is 19.6 Å². The normalized spacial score (nSPS) is 16.3. The first-order valence-electron chi connectivity index (χ1n) is 20.1. The van der Waals surface area contributed by atoms with E-state index in [9.17, 15) is 32.4 Å². The van der Waals surface area contributed by atoms with Gasteiger partial charge in [0.2, 0.25) is 29.6 Å². The third-order valence-corrected chi connectivity index (χ3v) is 11.1. The van der Waals surface area contributed by atoms with Crippen LogP contribution in [0, 0.1) is 32.6 Å². The average molecular weight is 837 g/mol. The van der Waals surface area contributed by atoms with E-state index in [0.29, 0.717) is 48.4 Å². The highest BCUT2D eigenvalue weighted by molar-refractivity contribution is 7.90. The van der Waals surface area contributed by atoms with E-state index in [1.54, 1.807) is 54.5 Å². The predicted molar refractivity (Wildman–Crippen MR) is 223 cm³/mol. The van der Waals surface area contributed by atoms with Crippen LogP contribution >= 0.6 is 0 Å². The Morgan fingerprint density at radius 2 is 1.50 bits per heavy atom. The summed E-state index contributed by atoms with van der Waals surface area (Å²) in [4.78, 5) is 73.2. The number of nitrogens with zero attached hydrogens (tertiary/aromatic N) is 2. The van der Waals surface area contributed by atoms with Gasteiger partial charge in [-0.15, -0.1) is 0 Å². The number of methoxy groups -OCH3 is 1. The number of hydrogen-bond acceptors (Lipinski definition) is 10. The molecule has 5 amide bonds. The first-order chi connectivity index (χ1) is 26.9. The van der Waals surface area contributed by atoms with E-state index in [1.165, 1.54) is 12.0 Å². The maximum Gasteiger partial charge on any atom is 0.408 e. The maximum atomic E-state index is 14.2. The van der Waals surface area contributed by atoms with Gasteiger partial charge < -0.3 is 41.4 Å². The van der Waals surface area contributed by atoms with Gasteiger partial charge in [0.25, 0.3) is 10.0 Å². The topological polar surface area (TPSA) is 240 Å². The van der Waals surface area contributed by atoms with Gasteiger partial charge in [-0.1, -0.05) is 27.7 Å². The fraction of sp³-hybridized carbons (Fsp3) is 0.700. The van der Waals surface area contributed by atoms with Crippen molar-refractivity contribution in [3.8, 4) is 5.75 Å². The lowest BCUT2D eigenvalue weighted by molar-refractivity contribution is -0.142. The minimum Gasteiger partial charge on any atom is -0.496 e. The molecule has 17 nitrogen and oxygen atoms in total. The average Bonchev–Trinajstić information content (AvgIpc) is 3.59. The highest BCUT2D eigenvalue weighted by atomic mass is 32.2. The molecule has 1 aliphatic rings. The van der Waals surface area contributed by atoms with Crippen LogP contribution in [0.3, 0.4) is 0 Å². The number of benzene rings is 1. The summed E-state index contributed by atoms with van der Waals surface area (Å²) in [7, 11) is -2.61. The molecule has 0 radical (unpaired) electrons. The van der Waals surface area contributed by atoms with E-state index >= 15 is 0 Å². The second kappa shape index (κ2) is 22.0. The van der Waals surface area contributed by atoms with Crippen LogP contribution in [0.15, 0.2) is 16.0 Å². The van der Waals surface area contributed by atoms with Crippen LogP contribution in [0.4, 0.5) is 4.79 Å². The van der Waals surface area contributed by atoms with Crippen molar-refractivity contribution in [2.45, 2.75) is 149 Å². The Hall–Kier alpha value is -4.61. The number of hydrogen-bond donors (Lipinski definition) is 6. The van der Waals surface area contributed by atoms with Crippen molar-refractivity contribution < 1.29 is 41.9 Å². The molecule has 2 rings (SSSR count). The van der Waals surface area contributed by atoms with Gasteiger partial charge in [-0.05, 0) is 122 Å². The third kappa shape index (κ3) is 15.0. The van der Waals surface area contributed by atoms with Crippen molar-refractivity contribution >= 4 is 45.7 Å². The second-order valence-corrected chi connectivity index (χ2v) is 18.3. The Morgan fingerprint density at radius 1 is 0.931 bits per heavy atom. The van der Waals surface area contributed by atoms with Crippen molar-refractivity contribution in [3.05, 3.63) is 22.8 Å². The zero-order valence-electron chi connectivity index (χ0n) is 36.5. The van der Waals surface area contributed by atoms with Crippen molar-refractivity contribution in [2.24, 2.45) is 22.6 Å². The number of carbonyl (C=O) groups is 5. The van der Waals surface area contributed by atoms with E-state index in [4.69, 9.17) is 15.2 Å². The Kier molecular flexibility index (Phi) is 18.7. The lowest BCUT2D eigenvalue weighted by Crippen LogP contribution is -2.58. The van der Waals surface area contributed by atoms with Gasteiger partial charge in [-0.2, -0.15) is 0 Å². The quantitative estimate of drug-likeness (QED) is 0.0676. The molecule has 0 saturated carbocycles. The minimum absolute atomic E-state index is 0.00721. The SMILES string of the molecule is CCNC(=O)[C@@H]1CCCN1C(=O)[C@H](CCCN=C(N)NS(=O)(=O)c1c(C)cc(OC)c(C)c1C)NC(=O)[C@H](CC(C)C)NC(=O)[C@@H](CC(C)C)NC(=O)OC(C)(C)C. The second-order valence-electron chi connectivity index (χ2n) is 16.7. The van der Waals surface area contributed by atoms with Gasteiger partial charge >= 0.3 is 6.09 Å². The smallest absolute Gasteiger partial charge is 0.408 e. The summed E-state index contributed by atoms with van der Waals surface area (Å²) < 4.78 is 39.8. The van der Waals surface area contributed by atoms with Crippen LogP contribution in [-0.2, 0) is 33.9 Å². The van der Waals surface area contributed by atoms with Crippen LogP contribution in [0.2, 0.25) is 0 Å². The summed E-state index contributed by atoms with van der Waals surface area (Å²) in [6.45, 7) is 20.2. The van der Waals surface area contributed by atoms with Gasteiger partial charge in [0.05, 0.1) is 12.0 Å². The molecule has 1 aromatic rings. The van der Waals surface area contributed by atoms with E-state index in [2.05, 4.69) is 31.0 Å². The van der Waals surface area contributed by atoms with Crippen LogP contribution in [0.25, 0.3) is 0 Å². The lowest BCUT2D eigenvalue weighted by Gasteiger charge is -2.30. The molecular weight excluding hydrogens is 769 g/mol. The molecule has 0 aliphatic carbocycles. The van der Waals surface area contributed by atoms with E-state index in [-0.39, 0.29) is 60.8 Å². The molecule has 0 aromatic heterocycles. The van der Waals surface area contributed by atoms with Crippen molar-refractivity contribution in [2.75, 3.05) is 26.7 Å². The standard InChI is InChI=1S/C40H68N8O9S/c1-13-42-36(51)31-17-15-19-48(31)37(52)28(16-14-18-43-38(41)47-58(54,55)33-25(6)22-32(56-12)26(7)27(33)8)44-34(49)29(20-23(2)3)45-35(50)30(21-24(4)5)46-39(53)57-40(9,10)11/h22-24,28-31H,13-21H2,1-12H3,(H,42,51)(H,44,49)(H,45,50)(H,46,53)(H3,41,43,47)/t28-,29-,30+,31-/m0/s1. The Bertz CT molecular complexity index is 1760. The van der Waals surface area contributed by atoms with Crippen LogP contribution in [0.5, 0.6) is 5.75 Å². The molecule has 1 saturated heterocycles. The monoisotopic (exact) mass is 836 g/mol. The number of aryl methyl sites for hydroxylation is 1. The number of guanidine groups is 1. The number of rotatable bonds is 19. The molecule has 58 heavy (non-hydrogen) atoms. The minimum atomic E-state index is -4.12. The van der Waals surface area contributed by atoms with Crippen molar-refractivity contribution in [1.29, 1.82) is 0 Å². The predicted octanol–water partition coefficient (Wildman–Crippen LogP) is 3.08. The number of sulfonamides is 1. The zero-order valence-corrected chi connectivity index (χ0v) is 37.3. The number of amides is 5. The maximum absolute atomic E-state index is 14.2. The third-order valence-electron chi connectivity index (χ3n) is 9.50. The molecule has 4 atom stereocenters. The molecule has 0 unspecified atom stereocenters. The molecule has 7 N–H and O–H groups in total. The first kappa shape index (κ1) is 49.5. The lowest BCUT2D eigenvalue weighted by atomic mass is 9.99. The number of alkyl carbamates (subject to hydrolysis) is 1. The molecule has 0 bridgehead atoms. The highest BCUT2D eigenvalue weighted by Crippen LogP contribution is 2.30. The zero-order chi connectivity index (χ0) is 44.1. The number of nitrogens with one attached hydrogen (secondary N) is 5. The number of likely N-dealkylation sites (tertiary alicyclic amines) is 1.